The summed E-state index contributed by atoms with van der Waals surface area (Å²) >= 11 is 0. The SMILES string of the molecule is O=C1CCC(=O)N(c2ccc(C(=O)Nc3cccc(C(=O)N4CCOCC4)c3)cc2)N1. The Balaban J connectivity index is 1.43. The number of nitrogens with one attached hydrogen (secondary N) is 2. The summed E-state index contributed by atoms with van der Waals surface area (Å²) in [5.41, 5.74) is 4.37. The van der Waals surface area contributed by atoms with Crippen LogP contribution in [-0.2, 0) is 14.3 Å². The van der Waals surface area contributed by atoms with E-state index in [-0.39, 0.29) is 36.5 Å². The first-order chi connectivity index (χ1) is 15.0. The summed E-state index contributed by atoms with van der Waals surface area (Å²) in [5, 5.41) is 3.98. The van der Waals surface area contributed by atoms with Crippen molar-refractivity contribution in [2.75, 3.05) is 36.6 Å². The Morgan fingerprint density at radius 2 is 1.68 bits per heavy atom. The molecule has 9 nitrogen and oxygen atoms in total. The van der Waals surface area contributed by atoms with E-state index in [0.29, 0.717) is 48.8 Å². The van der Waals surface area contributed by atoms with Crippen molar-refractivity contribution in [1.29, 1.82) is 0 Å². The summed E-state index contributed by atoms with van der Waals surface area (Å²) in [6.45, 7) is 2.12. The third-order valence-electron chi connectivity index (χ3n) is 5.11. The topological polar surface area (TPSA) is 108 Å². The van der Waals surface area contributed by atoms with Gasteiger partial charge >= 0.3 is 0 Å². The van der Waals surface area contributed by atoms with Gasteiger partial charge in [0, 0.05) is 42.7 Å². The van der Waals surface area contributed by atoms with Crippen LogP contribution in [0.3, 0.4) is 0 Å². The molecule has 0 unspecified atom stereocenters. The smallest absolute Gasteiger partial charge is 0.255 e. The molecule has 2 aliphatic heterocycles. The Morgan fingerprint density at radius 3 is 2.42 bits per heavy atom. The number of morpholine rings is 1. The third kappa shape index (κ3) is 4.72. The zero-order chi connectivity index (χ0) is 21.8. The fraction of sp³-hybridized carbons (Fsp3) is 0.273. The first-order valence-corrected chi connectivity index (χ1v) is 10.0. The number of benzene rings is 2. The molecule has 0 saturated carbocycles. The number of amides is 4. The van der Waals surface area contributed by atoms with Crippen molar-refractivity contribution in [3.05, 3.63) is 59.7 Å². The van der Waals surface area contributed by atoms with Gasteiger partial charge in [-0.25, -0.2) is 5.01 Å². The highest BCUT2D eigenvalue weighted by atomic mass is 16.5. The molecule has 2 saturated heterocycles. The van der Waals surface area contributed by atoms with Gasteiger partial charge in [0.15, 0.2) is 0 Å². The molecule has 160 valence electrons. The number of ether oxygens (including phenoxy) is 1. The zero-order valence-corrected chi connectivity index (χ0v) is 16.8. The lowest BCUT2D eigenvalue weighted by atomic mass is 10.1. The number of nitrogens with zero attached hydrogens (tertiary/aromatic N) is 2. The van der Waals surface area contributed by atoms with Crippen molar-refractivity contribution in [1.82, 2.24) is 10.3 Å². The van der Waals surface area contributed by atoms with E-state index in [9.17, 15) is 19.2 Å². The second kappa shape index (κ2) is 8.97. The van der Waals surface area contributed by atoms with Crippen molar-refractivity contribution in [3.63, 3.8) is 0 Å². The van der Waals surface area contributed by atoms with Gasteiger partial charge in [0.2, 0.25) is 11.8 Å². The molecule has 2 aromatic rings. The molecular weight excluding hydrogens is 400 g/mol. The summed E-state index contributed by atoms with van der Waals surface area (Å²) in [5.74, 6) is -0.889. The van der Waals surface area contributed by atoms with Gasteiger partial charge in [-0.05, 0) is 42.5 Å². The van der Waals surface area contributed by atoms with Gasteiger partial charge in [0.05, 0.1) is 18.9 Å². The Hall–Kier alpha value is -3.72. The highest BCUT2D eigenvalue weighted by molar-refractivity contribution is 6.06. The Labute approximate surface area is 178 Å². The zero-order valence-electron chi connectivity index (χ0n) is 16.8. The van der Waals surface area contributed by atoms with Gasteiger partial charge in [-0.2, -0.15) is 0 Å². The lowest BCUT2D eigenvalue weighted by Gasteiger charge is -2.27. The molecule has 2 heterocycles. The van der Waals surface area contributed by atoms with Crippen molar-refractivity contribution in [2.45, 2.75) is 12.8 Å². The van der Waals surface area contributed by atoms with Crippen LogP contribution in [0.15, 0.2) is 48.5 Å². The molecule has 0 aromatic heterocycles. The molecule has 0 atom stereocenters. The van der Waals surface area contributed by atoms with Crippen LogP contribution in [0.25, 0.3) is 0 Å². The lowest BCUT2D eigenvalue weighted by molar-refractivity contribution is -0.130. The van der Waals surface area contributed by atoms with Crippen LogP contribution in [0, 0.1) is 0 Å². The summed E-state index contributed by atoms with van der Waals surface area (Å²) in [6.07, 6.45) is 0.316. The summed E-state index contributed by atoms with van der Waals surface area (Å²) in [4.78, 5) is 50.5. The van der Waals surface area contributed by atoms with Gasteiger partial charge in [0.25, 0.3) is 11.8 Å². The van der Waals surface area contributed by atoms with Crippen molar-refractivity contribution >= 4 is 35.0 Å². The lowest BCUT2D eigenvalue weighted by Crippen LogP contribution is -2.50. The number of hydrogen-bond acceptors (Lipinski definition) is 5. The van der Waals surface area contributed by atoms with Crippen LogP contribution in [-0.4, -0.2) is 54.8 Å². The largest absolute Gasteiger partial charge is 0.378 e. The summed E-state index contributed by atoms with van der Waals surface area (Å²) < 4.78 is 5.28. The molecule has 9 heteroatoms. The second-order valence-electron chi connectivity index (χ2n) is 7.25. The van der Waals surface area contributed by atoms with E-state index in [1.165, 1.54) is 5.01 Å². The molecule has 2 N–H and O–H groups in total. The standard InChI is InChI=1S/C22H22N4O5/c27-19-8-9-20(28)26(24-19)18-6-4-15(5-7-18)21(29)23-17-3-1-2-16(14-17)22(30)25-10-12-31-13-11-25/h1-7,14H,8-13H2,(H,23,29)(H,24,27). The van der Waals surface area contributed by atoms with Crippen LogP contribution < -0.4 is 15.8 Å². The molecular formula is C22H22N4O5. The van der Waals surface area contributed by atoms with E-state index in [0.717, 1.165) is 0 Å². The van der Waals surface area contributed by atoms with E-state index >= 15 is 0 Å². The van der Waals surface area contributed by atoms with Gasteiger partial charge in [-0.1, -0.05) is 6.07 Å². The third-order valence-corrected chi connectivity index (χ3v) is 5.11. The fourth-order valence-electron chi connectivity index (χ4n) is 3.43. The highest BCUT2D eigenvalue weighted by Gasteiger charge is 2.24. The average molecular weight is 422 g/mol. The molecule has 0 bridgehead atoms. The number of hydrazine groups is 1. The molecule has 31 heavy (non-hydrogen) atoms. The van der Waals surface area contributed by atoms with Crippen LogP contribution in [0.5, 0.6) is 0 Å². The predicted molar refractivity (Wildman–Crippen MR) is 112 cm³/mol. The maximum Gasteiger partial charge on any atom is 0.255 e. The van der Waals surface area contributed by atoms with Crippen LogP contribution in [0.1, 0.15) is 33.6 Å². The summed E-state index contributed by atoms with van der Waals surface area (Å²) in [7, 11) is 0. The van der Waals surface area contributed by atoms with Crippen molar-refractivity contribution in [3.8, 4) is 0 Å². The molecule has 0 radical (unpaired) electrons. The fourth-order valence-corrected chi connectivity index (χ4v) is 3.43. The Kier molecular flexibility index (Phi) is 5.94. The second-order valence-corrected chi connectivity index (χ2v) is 7.25. The molecule has 2 fully saturated rings. The number of anilines is 2. The maximum absolute atomic E-state index is 12.6. The number of carbonyl (C=O) groups is 4. The number of rotatable bonds is 4. The van der Waals surface area contributed by atoms with Gasteiger partial charge < -0.3 is 15.0 Å². The van der Waals surface area contributed by atoms with E-state index in [4.69, 9.17) is 4.74 Å². The van der Waals surface area contributed by atoms with Crippen molar-refractivity contribution in [2.24, 2.45) is 0 Å². The quantitative estimate of drug-likeness (QED) is 0.778. The minimum atomic E-state index is -0.350. The summed E-state index contributed by atoms with van der Waals surface area (Å²) in [6, 6.07) is 13.1. The van der Waals surface area contributed by atoms with E-state index in [1.807, 2.05) is 0 Å². The van der Waals surface area contributed by atoms with Crippen LogP contribution in [0.4, 0.5) is 11.4 Å². The van der Waals surface area contributed by atoms with Gasteiger partial charge in [-0.15, -0.1) is 0 Å². The van der Waals surface area contributed by atoms with E-state index in [2.05, 4.69) is 10.7 Å². The minimum absolute atomic E-state index is 0.100. The van der Waals surface area contributed by atoms with Gasteiger partial charge in [0.1, 0.15) is 0 Å². The van der Waals surface area contributed by atoms with E-state index < -0.39 is 0 Å². The molecule has 4 amide bonds. The monoisotopic (exact) mass is 422 g/mol. The molecule has 0 aliphatic carbocycles. The molecule has 2 aromatic carbocycles. The Bertz CT molecular complexity index is 1010. The van der Waals surface area contributed by atoms with Crippen molar-refractivity contribution < 1.29 is 23.9 Å². The average Bonchev–Trinajstić information content (AvgIpc) is 2.81. The van der Waals surface area contributed by atoms with Crippen LogP contribution >= 0.6 is 0 Å². The molecule has 0 spiro atoms. The van der Waals surface area contributed by atoms with Gasteiger partial charge in [-0.3, -0.25) is 24.6 Å². The van der Waals surface area contributed by atoms with Crippen LogP contribution in [0.2, 0.25) is 0 Å². The first kappa shape index (κ1) is 20.5. The Morgan fingerprint density at radius 1 is 0.935 bits per heavy atom. The first-order valence-electron chi connectivity index (χ1n) is 10.0. The van der Waals surface area contributed by atoms with E-state index in [1.54, 1.807) is 53.4 Å². The minimum Gasteiger partial charge on any atom is -0.378 e. The normalized spacial score (nSPS) is 16.6. The number of hydrogen-bond donors (Lipinski definition) is 2. The predicted octanol–water partition coefficient (Wildman–Crippen LogP) is 1.57. The molecule has 2 aliphatic rings. The highest BCUT2D eigenvalue weighted by Crippen LogP contribution is 2.19. The maximum atomic E-state index is 12.6. The number of carbonyl (C=O) groups excluding carboxylic acids is 4. The molecule has 4 rings (SSSR count).